The number of carbonyl (C=O) groups is 1. The van der Waals surface area contributed by atoms with Crippen molar-refractivity contribution in [1.82, 2.24) is 4.90 Å². The van der Waals surface area contributed by atoms with Crippen LogP contribution in [0, 0.1) is 0 Å². The van der Waals surface area contributed by atoms with Crippen molar-refractivity contribution in [3.8, 4) is 0 Å². The molecule has 0 unspecified atom stereocenters. The van der Waals surface area contributed by atoms with Crippen LogP contribution in [0.1, 0.15) is 25.0 Å². The number of nitrogens with zero attached hydrogens (tertiary/aromatic N) is 1. The number of amides is 1. The molecule has 0 fully saturated rings. The van der Waals surface area contributed by atoms with E-state index >= 15 is 0 Å². The molecule has 3 N–H and O–H groups in total. The van der Waals surface area contributed by atoms with Gasteiger partial charge in [0.2, 0.25) is 5.91 Å². The minimum atomic E-state index is -0.678. The molecule has 2 atom stereocenters. The first kappa shape index (κ1) is 13.7. The number of carbonyl (C=O) groups excluding carboxylic acids is 1. The lowest BCUT2D eigenvalue weighted by Crippen LogP contribution is -2.39. The van der Waals surface area contributed by atoms with Gasteiger partial charge in [0, 0.05) is 20.0 Å². The molecule has 0 saturated heterocycles. The van der Waals surface area contributed by atoms with Crippen molar-refractivity contribution in [2.24, 2.45) is 5.73 Å². The molecule has 4 heteroatoms. The van der Waals surface area contributed by atoms with E-state index in [0.717, 1.165) is 5.56 Å². The van der Waals surface area contributed by atoms with Crippen LogP contribution < -0.4 is 5.73 Å². The zero-order valence-electron chi connectivity index (χ0n) is 10.3. The van der Waals surface area contributed by atoms with Crippen molar-refractivity contribution in [2.75, 3.05) is 13.6 Å². The number of hydrogen-bond acceptors (Lipinski definition) is 3. The number of benzene rings is 1. The molecule has 0 aromatic heterocycles. The second-order valence-electron chi connectivity index (χ2n) is 4.14. The van der Waals surface area contributed by atoms with Gasteiger partial charge in [-0.2, -0.15) is 0 Å². The Morgan fingerprint density at radius 2 is 2.00 bits per heavy atom. The Hall–Kier alpha value is -1.39. The smallest absolute Gasteiger partial charge is 0.223 e. The first-order valence-electron chi connectivity index (χ1n) is 5.76. The summed E-state index contributed by atoms with van der Waals surface area (Å²) in [7, 11) is 1.69. The molecule has 4 nitrogen and oxygen atoms in total. The van der Waals surface area contributed by atoms with Crippen molar-refractivity contribution in [3.63, 3.8) is 0 Å². The van der Waals surface area contributed by atoms with Crippen LogP contribution in [0.3, 0.4) is 0 Å². The average molecular weight is 236 g/mol. The maximum atomic E-state index is 11.7. The van der Waals surface area contributed by atoms with Crippen molar-refractivity contribution in [2.45, 2.75) is 25.5 Å². The van der Waals surface area contributed by atoms with Gasteiger partial charge in [-0.3, -0.25) is 4.79 Å². The first-order chi connectivity index (χ1) is 8.07. The topological polar surface area (TPSA) is 66.6 Å². The number of aliphatic hydroxyl groups excluding tert-OH is 1. The molecule has 0 heterocycles. The molecule has 0 aliphatic heterocycles. The summed E-state index contributed by atoms with van der Waals surface area (Å²) in [5.74, 6) is -0.0463. The van der Waals surface area contributed by atoms with Gasteiger partial charge in [0.1, 0.15) is 0 Å². The lowest BCUT2D eigenvalue weighted by atomic mass is 10.0. The predicted octanol–water partition coefficient (Wildman–Crippen LogP) is 0.916. The molecule has 1 rings (SSSR count). The number of nitrogens with two attached hydrogens (primary N) is 1. The summed E-state index contributed by atoms with van der Waals surface area (Å²) in [6.45, 7) is 2.16. The molecule has 0 radical (unpaired) electrons. The van der Waals surface area contributed by atoms with Crippen LogP contribution in [0.2, 0.25) is 0 Å². The zero-order chi connectivity index (χ0) is 12.8. The Labute approximate surface area is 102 Å². The Kier molecular flexibility index (Phi) is 5.12. The maximum absolute atomic E-state index is 11.7. The monoisotopic (exact) mass is 236 g/mol. The largest absolute Gasteiger partial charge is 0.386 e. The fourth-order valence-electron chi connectivity index (χ4n) is 1.67. The fraction of sp³-hybridized carbons (Fsp3) is 0.462. The Balaban J connectivity index is 2.69. The molecular weight excluding hydrogens is 216 g/mol. The molecule has 0 aliphatic rings. The van der Waals surface area contributed by atoms with Crippen molar-refractivity contribution >= 4 is 5.91 Å². The average Bonchev–Trinajstić information content (AvgIpc) is 2.37. The van der Waals surface area contributed by atoms with Gasteiger partial charge >= 0.3 is 0 Å². The summed E-state index contributed by atoms with van der Waals surface area (Å²) in [4.78, 5) is 13.2. The van der Waals surface area contributed by atoms with E-state index in [1.807, 2.05) is 37.3 Å². The van der Waals surface area contributed by atoms with Gasteiger partial charge in [-0.15, -0.1) is 0 Å². The van der Waals surface area contributed by atoms with Gasteiger partial charge in [0.25, 0.3) is 0 Å². The van der Waals surface area contributed by atoms with Crippen molar-refractivity contribution in [1.29, 1.82) is 0 Å². The fourth-order valence-corrected chi connectivity index (χ4v) is 1.67. The highest BCUT2D eigenvalue weighted by Crippen LogP contribution is 2.19. The van der Waals surface area contributed by atoms with E-state index in [1.165, 1.54) is 0 Å². The van der Waals surface area contributed by atoms with Crippen LogP contribution >= 0.6 is 0 Å². The third kappa shape index (κ3) is 3.54. The van der Waals surface area contributed by atoms with Crippen LogP contribution in [-0.2, 0) is 4.79 Å². The van der Waals surface area contributed by atoms with Crippen LogP contribution in [0.25, 0.3) is 0 Å². The number of hydrogen-bond donors (Lipinski definition) is 2. The standard InChI is InChI=1S/C13H20N2O2/c1-10(15(2)12(16)8-9-14)13(17)11-6-4-3-5-7-11/h3-7,10,13,17H,8-9,14H2,1-2H3/t10-,13+/m1/s1. The summed E-state index contributed by atoms with van der Waals surface area (Å²) in [6.07, 6.45) is -0.370. The quantitative estimate of drug-likeness (QED) is 0.798. The van der Waals surface area contributed by atoms with Gasteiger partial charge in [0.05, 0.1) is 12.1 Å². The lowest BCUT2D eigenvalue weighted by Gasteiger charge is -2.29. The van der Waals surface area contributed by atoms with Gasteiger partial charge in [0.15, 0.2) is 0 Å². The molecule has 94 valence electrons. The SMILES string of the molecule is C[C@H]([C@H](O)c1ccccc1)N(C)C(=O)CCN. The minimum absolute atomic E-state index is 0.0463. The third-order valence-electron chi connectivity index (χ3n) is 2.96. The van der Waals surface area contributed by atoms with E-state index in [-0.39, 0.29) is 11.9 Å². The summed E-state index contributed by atoms with van der Waals surface area (Å²) in [5, 5.41) is 10.2. The highest BCUT2D eigenvalue weighted by molar-refractivity contribution is 5.76. The van der Waals surface area contributed by atoms with Crippen molar-refractivity contribution in [3.05, 3.63) is 35.9 Å². The Morgan fingerprint density at radius 1 is 1.41 bits per heavy atom. The van der Waals surface area contributed by atoms with Gasteiger partial charge in [-0.25, -0.2) is 0 Å². The molecular formula is C13H20N2O2. The van der Waals surface area contributed by atoms with E-state index < -0.39 is 6.10 Å². The van der Waals surface area contributed by atoms with E-state index in [9.17, 15) is 9.90 Å². The number of rotatable bonds is 5. The molecule has 1 aromatic rings. The van der Waals surface area contributed by atoms with Crippen LogP contribution in [0.4, 0.5) is 0 Å². The predicted molar refractivity (Wildman–Crippen MR) is 67.3 cm³/mol. The molecule has 17 heavy (non-hydrogen) atoms. The van der Waals surface area contributed by atoms with Crippen LogP contribution in [0.15, 0.2) is 30.3 Å². The minimum Gasteiger partial charge on any atom is -0.386 e. The maximum Gasteiger partial charge on any atom is 0.223 e. The van der Waals surface area contributed by atoms with E-state index in [0.29, 0.717) is 13.0 Å². The molecule has 1 amide bonds. The molecule has 1 aromatic carbocycles. The summed E-state index contributed by atoms with van der Waals surface area (Å²) in [6, 6.07) is 9.06. The molecule has 0 bridgehead atoms. The highest BCUT2D eigenvalue weighted by atomic mass is 16.3. The Bertz CT molecular complexity index is 354. The van der Waals surface area contributed by atoms with Crippen LogP contribution in [0.5, 0.6) is 0 Å². The van der Waals surface area contributed by atoms with Gasteiger partial charge < -0.3 is 15.7 Å². The second kappa shape index (κ2) is 6.37. The van der Waals surface area contributed by atoms with Gasteiger partial charge in [-0.05, 0) is 12.5 Å². The molecule has 0 saturated carbocycles. The van der Waals surface area contributed by atoms with Gasteiger partial charge in [-0.1, -0.05) is 30.3 Å². The summed E-state index contributed by atoms with van der Waals surface area (Å²) in [5.41, 5.74) is 6.16. The first-order valence-corrected chi connectivity index (χ1v) is 5.76. The summed E-state index contributed by atoms with van der Waals surface area (Å²) >= 11 is 0. The lowest BCUT2D eigenvalue weighted by molar-refractivity contribution is -0.133. The van der Waals surface area contributed by atoms with Crippen LogP contribution in [-0.4, -0.2) is 35.5 Å². The summed E-state index contributed by atoms with van der Waals surface area (Å²) < 4.78 is 0. The number of likely N-dealkylation sites (N-methyl/N-ethyl adjacent to an activating group) is 1. The van der Waals surface area contributed by atoms with E-state index in [1.54, 1.807) is 11.9 Å². The zero-order valence-corrected chi connectivity index (χ0v) is 10.3. The molecule has 0 spiro atoms. The third-order valence-corrected chi connectivity index (χ3v) is 2.96. The van der Waals surface area contributed by atoms with E-state index in [2.05, 4.69) is 0 Å². The second-order valence-corrected chi connectivity index (χ2v) is 4.14. The van der Waals surface area contributed by atoms with E-state index in [4.69, 9.17) is 5.73 Å². The molecule has 0 aliphatic carbocycles. The number of aliphatic hydroxyl groups is 1. The highest BCUT2D eigenvalue weighted by Gasteiger charge is 2.23. The Morgan fingerprint density at radius 3 is 2.53 bits per heavy atom. The normalized spacial score (nSPS) is 14.1. The van der Waals surface area contributed by atoms with Crippen molar-refractivity contribution < 1.29 is 9.90 Å².